The first-order chi connectivity index (χ1) is 15.2. The van der Waals surface area contributed by atoms with Crippen molar-refractivity contribution in [2.75, 3.05) is 10.6 Å². The standard InChI is InChI=1S/C21H21FN6O4/c1-11(13-6-5-9-23-17(13)22)31-19(29)25-18-16(26-27-28(18)4)12-7-8-15-14(10-12)21(2,3)32-20(30)24-15/h5-11H,1-4H3,(H,24,30)(H,25,29)/t11-/m1/s1. The maximum atomic E-state index is 13.9. The van der Waals surface area contributed by atoms with Gasteiger partial charge in [0.1, 0.15) is 17.4 Å². The molecule has 2 amide bonds. The van der Waals surface area contributed by atoms with Crippen LogP contribution >= 0.6 is 0 Å². The lowest BCUT2D eigenvalue weighted by Crippen LogP contribution is -2.34. The summed E-state index contributed by atoms with van der Waals surface area (Å²) in [6, 6.07) is 8.34. The van der Waals surface area contributed by atoms with E-state index in [9.17, 15) is 14.0 Å². The monoisotopic (exact) mass is 440 g/mol. The zero-order valence-electron chi connectivity index (χ0n) is 17.8. The molecule has 0 bridgehead atoms. The SMILES string of the molecule is C[C@@H](OC(=O)Nc1c(-c2ccc3c(c2)C(C)(C)OC(=O)N3)nnn1C)c1cccnc1F. The van der Waals surface area contributed by atoms with Crippen molar-refractivity contribution in [2.45, 2.75) is 32.5 Å². The Morgan fingerprint density at radius 1 is 1.34 bits per heavy atom. The molecular weight excluding hydrogens is 419 g/mol. The summed E-state index contributed by atoms with van der Waals surface area (Å²) in [7, 11) is 1.61. The highest BCUT2D eigenvalue weighted by Crippen LogP contribution is 2.38. The number of cyclic esters (lactones) is 1. The highest BCUT2D eigenvalue weighted by atomic mass is 19.1. The topological polar surface area (TPSA) is 120 Å². The van der Waals surface area contributed by atoms with E-state index < -0.39 is 29.8 Å². The van der Waals surface area contributed by atoms with Gasteiger partial charge in [-0.05, 0) is 45.0 Å². The molecular formula is C21H21FN6O4. The molecule has 11 heteroatoms. The second-order valence-corrected chi connectivity index (χ2v) is 7.75. The third-order valence-electron chi connectivity index (χ3n) is 5.08. The predicted octanol–water partition coefficient (Wildman–Crippen LogP) is 4.12. The molecule has 2 aromatic heterocycles. The first kappa shape index (κ1) is 21.2. The molecule has 32 heavy (non-hydrogen) atoms. The van der Waals surface area contributed by atoms with Gasteiger partial charge < -0.3 is 9.47 Å². The fourth-order valence-electron chi connectivity index (χ4n) is 3.46. The molecule has 0 saturated carbocycles. The number of anilines is 2. The Balaban J connectivity index is 1.59. The first-order valence-electron chi connectivity index (χ1n) is 9.78. The van der Waals surface area contributed by atoms with Gasteiger partial charge in [-0.15, -0.1) is 5.10 Å². The second-order valence-electron chi connectivity index (χ2n) is 7.75. The Labute approximate surface area is 182 Å². The number of amides is 2. The van der Waals surface area contributed by atoms with Crippen LogP contribution in [-0.4, -0.2) is 32.2 Å². The lowest BCUT2D eigenvalue weighted by molar-refractivity contribution is 0.0420. The first-order valence-corrected chi connectivity index (χ1v) is 9.78. The van der Waals surface area contributed by atoms with Crippen LogP contribution < -0.4 is 10.6 Å². The van der Waals surface area contributed by atoms with Crippen LogP contribution in [0.15, 0.2) is 36.5 Å². The van der Waals surface area contributed by atoms with E-state index in [1.54, 1.807) is 46.0 Å². The van der Waals surface area contributed by atoms with Gasteiger partial charge in [0.2, 0.25) is 5.95 Å². The van der Waals surface area contributed by atoms with Gasteiger partial charge in [-0.2, -0.15) is 4.39 Å². The van der Waals surface area contributed by atoms with E-state index >= 15 is 0 Å². The molecule has 0 aliphatic carbocycles. The zero-order chi connectivity index (χ0) is 23.0. The van der Waals surface area contributed by atoms with Crippen molar-refractivity contribution in [1.82, 2.24) is 20.0 Å². The molecule has 0 radical (unpaired) electrons. The van der Waals surface area contributed by atoms with Gasteiger partial charge in [0.25, 0.3) is 0 Å². The average molecular weight is 440 g/mol. The fraction of sp³-hybridized carbons (Fsp3) is 0.286. The van der Waals surface area contributed by atoms with Crippen LogP contribution in [0.25, 0.3) is 11.3 Å². The molecule has 3 aromatic rings. The summed E-state index contributed by atoms with van der Waals surface area (Å²) in [6.07, 6.45) is -0.880. The van der Waals surface area contributed by atoms with Crippen molar-refractivity contribution in [2.24, 2.45) is 7.05 Å². The summed E-state index contributed by atoms with van der Waals surface area (Å²) in [5.74, 6) is -0.422. The van der Waals surface area contributed by atoms with E-state index in [4.69, 9.17) is 9.47 Å². The number of carbonyl (C=O) groups excluding carboxylic acids is 2. The number of ether oxygens (including phenoxy) is 2. The van der Waals surface area contributed by atoms with Gasteiger partial charge in [-0.25, -0.2) is 19.3 Å². The lowest BCUT2D eigenvalue weighted by atomic mass is 9.92. The summed E-state index contributed by atoms with van der Waals surface area (Å²) < 4.78 is 25.9. The van der Waals surface area contributed by atoms with E-state index in [1.165, 1.54) is 16.9 Å². The van der Waals surface area contributed by atoms with Crippen LogP contribution in [0.2, 0.25) is 0 Å². The van der Waals surface area contributed by atoms with Crippen molar-refractivity contribution >= 4 is 23.7 Å². The van der Waals surface area contributed by atoms with Crippen LogP contribution in [-0.2, 0) is 22.1 Å². The van der Waals surface area contributed by atoms with E-state index in [0.29, 0.717) is 16.9 Å². The molecule has 1 aliphatic heterocycles. The summed E-state index contributed by atoms with van der Waals surface area (Å²) in [6.45, 7) is 5.10. The molecule has 0 fully saturated rings. The lowest BCUT2D eigenvalue weighted by Gasteiger charge is -2.32. The largest absolute Gasteiger partial charge is 0.441 e. The number of hydrogen-bond acceptors (Lipinski definition) is 7. The van der Waals surface area contributed by atoms with Crippen LogP contribution in [0.3, 0.4) is 0 Å². The van der Waals surface area contributed by atoms with Gasteiger partial charge in [-0.3, -0.25) is 10.6 Å². The molecule has 166 valence electrons. The van der Waals surface area contributed by atoms with E-state index in [0.717, 1.165) is 5.56 Å². The highest BCUT2D eigenvalue weighted by Gasteiger charge is 2.34. The maximum absolute atomic E-state index is 13.9. The van der Waals surface area contributed by atoms with Gasteiger partial charge in [-0.1, -0.05) is 11.3 Å². The maximum Gasteiger partial charge on any atom is 0.413 e. The van der Waals surface area contributed by atoms with E-state index in [-0.39, 0.29) is 11.4 Å². The third kappa shape index (κ3) is 3.96. The minimum Gasteiger partial charge on any atom is -0.441 e. The number of hydrogen-bond donors (Lipinski definition) is 2. The number of benzene rings is 1. The molecule has 0 spiro atoms. The minimum atomic E-state index is -0.862. The molecule has 4 rings (SSSR count). The predicted molar refractivity (Wildman–Crippen MR) is 112 cm³/mol. The van der Waals surface area contributed by atoms with E-state index in [1.807, 2.05) is 6.07 Å². The molecule has 3 heterocycles. The van der Waals surface area contributed by atoms with Crippen molar-refractivity contribution in [1.29, 1.82) is 0 Å². The minimum absolute atomic E-state index is 0.157. The van der Waals surface area contributed by atoms with Crippen molar-refractivity contribution in [3.63, 3.8) is 0 Å². The number of aromatic nitrogens is 4. The molecule has 0 unspecified atom stereocenters. The van der Waals surface area contributed by atoms with E-state index in [2.05, 4.69) is 25.9 Å². The molecule has 10 nitrogen and oxygen atoms in total. The number of nitrogens with one attached hydrogen (secondary N) is 2. The number of rotatable bonds is 4. The Morgan fingerprint density at radius 2 is 2.12 bits per heavy atom. The van der Waals surface area contributed by atoms with Crippen molar-refractivity contribution < 1.29 is 23.5 Å². The Morgan fingerprint density at radius 3 is 2.88 bits per heavy atom. The Kier molecular flexibility index (Phi) is 5.25. The van der Waals surface area contributed by atoms with Gasteiger partial charge in [0, 0.05) is 29.9 Å². The molecule has 0 saturated heterocycles. The van der Waals surface area contributed by atoms with Gasteiger partial charge >= 0.3 is 12.2 Å². The Hall–Kier alpha value is -4.02. The second kappa shape index (κ2) is 7.91. The summed E-state index contributed by atoms with van der Waals surface area (Å²) in [4.78, 5) is 27.8. The number of carbonyl (C=O) groups is 2. The molecule has 1 aliphatic rings. The number of halogens is 1. The highest BCUT2D eigenvalue weighted by molar-refractivity contribution is 5.91. The summed E-state index contributed by atoms with van der Waals surface area (Å²) >= 11 is 0. The summed E-state index contributed by atoms with van der Waals surface area (Å²) in [5.41, 5.74) is 1.71. The van der Waals surface area contributed by atoms with Crippen LogP contribution in [0, 0.1) is 5.95 Å². The number of nitrogens with zero attached hydrogens (tertiary/aromatic N) is 4. The molecule has 2 N–H and O–H groups in total. The quantitative estimate of drug-likeness (QED) is 0.586. The average Bonchev–Trinajstić information content (AvgIpc) is 3.07. The fourth-order valence-corrected chi connectivity index (χ4v) is 3.46. The number of fused-ring (bicyclic) bond motifs is 1. The molecule has 1 aromatic carbocycles. The van der Waals surface area contributed by atoms with Gasteiger partial charge in [0.05, 0.1) is 5.69 Å². The normalized spacial score (nSPS) is 15.2. The van der Waals surface area contributed by atoms with Gasteiger partial charge in [0.15, 0.2) is 5.82 Å². The number of pyridine rings is 1. The smallest absolute Gasteiger partial charge is 0.413 e. The van der Waals surface area contributed by atoms with Crippen LogP contribution in [0.4, 0.5) is 25.5 Å². The van der Waals surface area contributed by atoms with Crippen LogP contribution in [0.5, 0.6) is 0 Å². The summed E-state index contributed by atoms with van der Waals surface area (Å²) in [5, 5.41) is 13.4. The Bertz CT molecular complexity index is 1210. The molecule has 1 atom stereocenters. The zero-order valence-corrected chi connectivity index (χ0v) is 17.8. The van der Waals surface area contributed by atoms with Crippen molar-refractivity contribution in [3.8, 4) is 11.3 Å². The van der Waals surface area contributed by atoms with Crippen molar-refractivity contribution in [3.05, 3.63) is 53.6 Å². The third-order valence-corrected chi connectivity index (χ3v) is 5.08. The van der Waals surface area contributed by atoms with Crippen LogP contribution in [0.1, 0.15) is 38.0 Å². The number of aryl methyl sites for hydroxylation is 1.